The predicted molar refractivity (Wildman–Crippen MR) is 99.0 cm³/mol. The summed E-state index contributed by atoms with van der Waals surface area (Å²) in [4.78, 5) is 13.0. The molecule has 3 aromatic rings. The van der Waals surface area contributed by atoms with E-state index in [4.69, 9.17) is 0 Å². The second kappa shape index (κ2) is 5.89. The number of hydrogen-bond donors (Lipinski definition) is 0. The number of rotatable bonds is 2. The van der Waals surface area contributed by atoms with Gasteiger partial charge >= 0.3 is 0 Å². The van der Waals surface area contributed by atoms with Crippen LogP contribution in [0.5, 0.6) is 0 Å². The van der Waals surface area contributed by atoms with Crippen molar-refractivity contribution in [1.29, 1.82) is 0 Å². The summed E-state index contributed by atoms with van der Waals surface area (Å²) in [6, 6.07) is 17.9. The number of carbonyl (C=O) groups excluding carboxylic acids is 1. The molecule has 0 heterocycles. The van der Waals surface area contributed by atoms with Gasteiger partial charge in [0.15, 0.2) is 5.78 Å². The second-order valence-corrected chi connectivity index (χ2v) is 7.01. The lowest BCUT2D eigenvalue weighted by molar-refractivity contribution is 0.103. The van der Waals surface area contributed by atoms with E-state index in [0.29, 0.717) is 0 Å². The van der Waals surface area contributed by atoms with Crippen LogP contribution in [0.15, 0.2) is 59.1 Å². The molecule has 0 aliphatic heterocycles. The first-order valence-electron chi connectivity index (χ1n) is 6.56. The van der Waals surface area contributed by atoms with Crippen molar-refractivity contribution in [2.45, 2.75) is 6.92 Å². The molecule has 104 valence electrons. The van der Waals surface area contributed by atoms with Gasteiger partial charge in [-0.3, -0.25) is 4.79 Å². The monoisotopic (exact) mass is 450 g/mol. The van der Waals surface area contributed by atoms with E-state index in [1.54, 1.807) is 0 Å². The Kier molecular flexibility index (Phi) is 4.13. The van der Waals surface area contributed by atoms with E-state index in [0.717, 1.165) is 35.5 Å². The summed E-state index contributed by atoms with van der Waals surface area (Å²) in [5.74, 6) is 0.0787. The molecule has 0 aliphatic rings. The maximum atomic E-state index is 13.0. The maximum Gasteiger partial charge on any atom is 0.195 e. The van der Waals surface area contributed by atoms with E-state index in [1.807, 2.05) is 55.5 Å². The molecule has 0 fully saturated rings. The summed E-state index contributed by atoms with van der Waals surface area (Å²) < 4.78 is 1.89. The highest BCUT2D eigenvalue weighted by Crippen LogP contribution is 2.27. The number of ketones is 1. The highest BCUT2D eigenvalue weighted by molar-refractivity contribution is 14.1. The third kappa shape index (κ3) is 2.77. The van der Waals surface area contributed by atoms with Crippen LogP contribution >= 0.6 is 38.5 Å². The molecular formula is C18H12BrIO. The van der Waals surface area contributed by atoms with Crippen molar-refractivity contribution < 1.29 is 4.79 Å². The van der Waals surface area contributed by atoms with Gasteiger partial charge in [-0.1, -0.05) is 52.3 Å². The van der Waals surface area contributed by atoms with E-state index in [9.17, 15) is 4.79 Å². The van der Waals surface area contributed by atoms with Crippen molar-refractivity contribution in [1.82, 2.24) is 0 Å². The third-order valence-electron chi connectivity index (χ3n) is 3.54. The van der Waals surface area contributed by atoms with Gasteiger partial charge in [-0.05, 0) is 64.0 Å². The molecule has 0 atom stereocenters. The minimum Gasteiger partial charge on any atom is -0.289 e. The average molecular weight is 451 g/mol. The Balaban J connectivity index is 2.27. The van der Waals surface area contributed by atoms with Gasteiger partial charge in [-0.25, -0.2) is 0 Å². The molecule has 0 aliphatic carbocycles. The Morgan fingerprint density at radius 1 is 1.05 bits per heavy atom. The minimum absolute atomic E-state index is 0.0787. The van der Waals surface area contributed by atoms with Crippen LogP contribution < -0.4 is 0 Å². The standard InChI is InChI=1S/C18H12BrIO/c1-11-6-7-12-4-2-3-5-14(12)17(11)18(21)15-10-13(19)8-9-16(15)20/h2-10H,1H3. The predicted octanol–water partition coefficient (Wildman–Crippen LogP) is 5.75. The van der Waals surface area contributed by atoms with Crippen LogP contribution in [0.3, 0.4) is 0 Å². The summed E-state index contributed by atoms with van der Waals surface area (Å²) in [7, 11) is 0. The molecule has 0 bridgehead atoms. The summed E-state index contributed by atoms with van der Waals surface area (Å²) in [5, 5.41) is 2.11. The highest BCUT2D eigenvalue weighted by Gasteiger charge is 2.17. The SMILES string of the molecule is Cc1ccc2ccccc2c1C(=O)c1cc(Br)ccc1I. The summed E-state index contributed by atoms with van der Waals surface area (Å²) >= 11 is 5.66. The molecule has 0 amide bonds. The molecule has 0 aromatic heterocycles. The average Bonchev–Trinajstić information content (AvgIpc) is 2.49. The molecule has 1 nitrogen and oxygen atoms in total. The summed E-state index contributed by atoms with van der Waals surface area (Å²) in [6.07, 6.45) is 0. The molecule has 0 N–H and O–H groups in total. The van der Waals surface area contributed by atoms with Gasteiger partial charge < -0.3 is 0 Å². The first-order valence-corrected chi connectivity index (χ1v) is 8.43. The topological polar surface area (TPSA) is 17.1 Å². The lowest BCUT2D eigenvalue weighted by Crippen LogP contribution is -2.07. The largest absolute Gasteiger partial charge is 0.289 e. The Labute approximate surface area is 145 Å². The van der Waals surface area contributed by atoms with Crippen molar-refractivity contribution in [3.05, 3.63) is 79.3 Å². The Bertz CT molecular complexity index is 855. The van der Waals surface area contributed by atoms with E-state index >= 15 is 0 Å². The molecule has 3 heteroatoms. The van der Waals surface area contributed by atoms with Crippen LogP contribution in [0.4, 0.5) is 0 Å². The number of hydrogen-bond acceptors (Lipinski definition) is 1. The molecule has 0 unspecified atom stereocenters. The van der Waals surface area contributed by atoms with Gasteiger partial charge in [-0.15, -0.1) is 0 Å². The zero-order chi connectivity index (χ0) is 15.0. The van der Waals surface area contributed by atoms with Crippen LogP contribution in [-0.4, -0.2) is 5.78 Å². The second-order valence-electron chi connectivity index (χ2n) is 4.93. The Hall–Kier alpha value is -1.20. The van der Waals surface area contributed by atoms with Crippen molar-refractivity contribution >= 4 is 55.1 Å². The van der Waals surface area contributed by atoms with Crippen LogP contribution in [0.1, 0.15) is 21.5 Å². The van der Waals surface area contributed by atoms with Crippen molar-refractivity contribution in [2.75, 3.05) is 0 Å². The first-order chi connectivity index (χ1) is 10.1. The number of carbonyl (C=O) groups is 1. The van der Waals surface area contributed by atoms with Gasteiger partial charge in [-0.2, -0.15) is 0 Å². The summed E-state index contributed by atoms with van der Waals surface area (Å²) in [5.41, 5.74) is 2.54. The molecule has 3 aromatic carbocycles. The molecule has 0 spiro atoms. The van der Waals surface area contributed by atoms with Crippen LogP contribution in [0.25, 0.3) is 10.8 Å². The molecule has 0 saturated heterocycles. The lowest BCUT2D eigenvalue weighted by atomic mass is 9.93. The number of fused-ring (bicyclic) bond motifs is 1. The molecule has 0 radical (unpaired) electrons. The van der Waals surface area contributed by atoms with Gasteiger partial charge in [0.2, 0.25) is 0 Å². The normalized spacial score (nSPS) is 10.8. The van der Waals surface area contributed by atoms with E-state index in [-0.39, 0.29) is 5.78 Å². The van der Waals surface area contributed by atoms with Crippen molar-refractivity contribution in [2.24, 2.45) is 0 Å². The van der Waals surface area contributed by atoms with Crippen LogP contribution in [0.2, 0.25) is 0 Å². The van der Waals surface area contributed by atoms with Gasteiger partial charge in [0.1, 0.15) is 0 Å². The number of halogens is 2. The van der Waals surface area contributed by atoms with Crippen LogP contribution in [-0.2, 0) is 0 Å². The van der Waals surface area contributed by atoms with Crippen LogP contribution in [0, 0.1) is 10.5 Å². The molecule has 3 rings (SSSR count). The minimum atomic E-state index is 0.0787. The Morgan fingerprint density at radius 3 is 2.62 bits per heavy atom. The zero-order valence-corrected chi connectivity index (χ0v) is 15.1. The van der Waals surface area contributed by atoms with E-state index in [1.165, 1.54) is 0 Å². The van der Waals surface area contributed by atoms with Gasteiger partial charge in [0, 0.05) is 19.2 Å². The molecule has 21 heavy (non-hydrogen) atoms. The number of benzene rings is 3. The fourth-order valence-corrected chi connectivity index (χ4v) is 3.43. The lowest BCUT2D eigenvalue weighted by Gasteiger charge is -2.11. The fourth-order valence-electron chi connectivity index (χ4n) is 2.49. The zero-order valence-electron chi connectivity index (χ0n) is 11.4. The third-order valence-corrected chi connectivity index (χ3v) is 4.97. The van der Waals surface area contributed by atoms with Crippen molar-refractivity contribution in [3.63, 3.8) is 0 Å². The van der Waals surface area contributed by atoms with E-state index < -0.39 is 0 Å². The first kappa shape index (κ1) is 14.7. The molecule has 0 saturated carbocycles. The number of aryl methyl sites for hydroxylation is 1. The Morgan fingerprint density at radius 2 is 1.81 bits per heavy atom. The molecular weight excluding hydrogens is 439 g/mol. The quantitative estimate of drug-likeness (QED) is 0.359. The van der Waals surface area contributed by atoms with E-state index in [2.05, 4.69) is 44.6 Å². The summed E-state index contributed by atoms with van der Waals surface area (Å²) in [6.45, 7) is 1.99. The smallest absolute Gasteiger partial charge is 0.195 e. The van der Waals surface area contributed by atoms with Gasteiger partial charge in [0.05, 0.1) is 0 Å². The van der Waals surface area contributed by atoms with Gasteiger partial charge in [0.25, 0.3) is 0 Å². The van der Waals surface area contributed by atoms with Crippen molar-refractivity contribution in [3.8, 4) is 0 Å². The maximum absolute atomic E-state index is 13.0. The highest BCUT2D eigenvalue weighted by atomic mass is 127. The fraction of sp³-hybridized carbons (Fsp3) is 0.0556.